The van der Waals surface area contributed by atoms with Gasteiger partial charge in [0.2, 0.25) is 5.91 Å². The van der Waals surface area contributed by atoms with Crippen molar-refractivity contribution in [2.24, 2.45) is 0 Å². The highest BCUT2D eigenvalue weighted by atomic mass is 32.1. The summed E-state index contributed by atoms with van der Waals surface area (Å²) in [5.74, 6) is 0.237. The van der Waals surface area contributed by atoms with Crippen LogP contribution in [0.3, 0.4) is 0 Å². The number of rotatable bonds is 5. The van der Waals surface area contributed by atoms with Gasteiger partial charge in [-0.3, -0.25) is 14.7 Å². The largest absolute Gasteiger partial charge is 0.330 e. The minimum Gasteiger partial charge on any atom is -0.330 e. The Balaban J connectivity index is 1.79. The van der Waals surface area contributed by atoms with Crippen LogP contribution in [0, 0.1) is 6.92 Å². The summed E-state index contributed by atoms with van der Waals surface area (Å²) in [7, 11) is 2.09. The van der Waals surface area contributed by atoms with Crippen LogP contribution in [-0.4, -0.2) is 40.3 Å². The Morgan fingerprint density at radius 1 is 1.24 bits per heavy atom. The highest BCUT2D eigenvalue weighted by Gasteiger charge is 2.29. The van der Waals surface area contributed by atoms with E-state index in [0.717, 1.165) is 25.1 Å². The monoisotopic (exact) mass is 357 g/mol. The summed E-state index contributed by atoms with van der Waals surface area (Å²) in [4.78, 5) is 24.5. The standard InChI is InChI=1S/C20H27N3OS/c1-16-10-11-18(25-16)15-23(14-17-8-5-6-12-21-17)20(24)19-9-4-3-7-13-22(19)2/h5-6,8,10-12,19H,3-4,7,9,13-15H2,1-2H3/t19-/m1/s1. The second-order valence-electron chi connectivity index (χ2n) is 6.87. The van der Waals surface area contributed by atoms with E-state index in [1.165, 1.54) is 22.6 Å². The molecule has 2 aromatic rings. The van der Waals surface area contributed by atoms with Gasteiger partial charge in [0, 0.05) is 16.0 Å². The van der Waals surface area contributed by atoms with E-state index in [1.807, 2.05) is 23.1 Å². The molecule has 1 amide bonds. The maximum atomic E-state index is 13.3. The van der Waals surface area contributed by atoms with Crippen LogP contribution >= 0.6 is 11.3 Å². The smallest absolute Gasteiger partial charge is 0.240 e. The van der Waals surface area contributed by atoms with Crippen molar-refractivity contribution < 1.29 is 4.79 Å². The van der Waals surface area contributed by atoms with Gasteiger partial charge in [-0.05, 0) is 57.6 Å². The van der Waals surface area contributed by atoms with Gasteiger partial charge >= 0.3 is 0 Å². The number of aromatic nitrogens is 1. The summed E-state index contributed by atoms with van der Waals surface area (Å²) in [6, 6.07) is 10.1. The molecule has 5 heteroatoms. The zero-order valence-corrected chi connectivity index (χ0v) is 16.0. The third-order valence-electron chi connectivity index (χ3n) is 4.84. The quantitative estimate of drug-likeness (QED) is 0.815. The second-order valence-corrected chi connectivity index (χ2v) is 8.25. The predicted molar refractivity (Wildman–Crippen MR) is 102 cm³/mol. The lowest BCUT2D eigenvalue weighted by molar-refractivity contribution is -0.138. The zero-order valence-electron chi connectivity index (χ0n) is 15.1. The highest BCUT2D eigenvalue weighted by molar-refractivity contribution is 7.11. The molecule has 1 fully saturated rings. The Bertz CT molecular complexity index is 685. The van der Waals surface area contributed by atoms with Gasteiger partial charge in [0.05, 0.1) is 24.8 Å². The molecular weight excluding hydrogens is 330 g/mol. The Kier molecular flexibility index (Phi) is 6.21. The molecule has 1 saturated heterocycles. The van der Waals surface area contributed by atoms with Gasteiger partial charge in [-0.15, -0.1) is 11.3 Å². The molecule has 1 aliphatic heterocycles. The maximum Gasteiger partial charge on any atom is 0.240 e. The van der Waals surface area contributed by atoms with Gasteiger partial charge in [0.1, 0.15) is 0 Å². The highest BCUT2D eigenvalue weighted by Crippen LogP contribution is 2.22. The summed E-state index contributed by atoms with van der Waals surface area (Å²) >= 11 is 1.77. The van der Waals surface area contributed by atoms with Gasteiger partial charge in [-0.25, -0.2) is 0 Å². The van der Waals surface area contributed by atoms with Gasteiger partial charge in [0.15, 0.2) is 0 Å². The summed E-state index contributed by atoms with van der Waals surface area (Å²) in [5.41, 5.74) is 0.945. The molecule has 0 radical (unpaired) electrons. The van der Waals surface area contributed by atoms with Gasteiger partial charge in [-0.1, -0.05) is 18.9 Å². The molecule has 3 heterocycles. The second kappa shape index (κ2) is 8.59. The van der Waals surface area contributed by atoms with E-state index in [-0.39, 0.29) is 11.9 Å². The van der Waals surface area contributed by atoms with Gasteiger partial charge in [-0.2, -0.15) is 0 Å². The first-order valence-electron chi connectivity index (χ1n) is 9.08. The average Bonchev–Trinajstić information content (AvgIpc) is 2.90. The predicted octanol–water partition coefficient (Wildman–Crippen LogP) is 3.85. The van der Waals surface area contributed by atoms with Crippen LogP contribution in [0.15, 0.2) is 36.5 Å². The van der Waals surface area contributed by atoms with Crippen LogP contribution in [0.1, 0.15) is 41.1 Å². The van der Waals surface area contributed by atoms with Crippen molar-refractivity contribution in [2.45, 2.75) is 51.7 Å². The van der Waals surface area contributed by atoms with Crippen molar-refractivity contribution in [3.05, 3.63) is 52.0 Å². The molecule has 0 aromatic carbocycles. The molecule has 2 aromatic heterocycles. The van der Waals surface area contributed by atoms with E-state index in [2.05, 4.69) is 36.0 Å². The SMILES string of the molecule is Cc1ccc(CN(Cc2ccccn2)C(=O)[C@H]2CCCCCN2C)s1. The van der Waals surface area contributed by atoms with Crippen LogP contribution < -0.4 is 0 Å². The molecule has 134 valence electrons. The van der Waals surface area contributed by atoms with E-state index >= 15 is 0 Å². The lowest BCUT2D eigenvalue weighted by Gasteiger charge is -2.31. The molecule has 1 aliphatic rings. The Morgan fingerprint density at radius 3 is 2.84 bits per heavy atom. The van der Waals surface area contributed by atoms with Crippen molar-refractivity contribution >= 4 is 17.2 Å². The Labute approximate surface area is 154 Å². The summed E-state index contributed by atoms with van der Waals surface area (Å²) in [5, 5.41) is 0. The fourth-order valence-corrected chi connectivity index (χ4v) is 4.34. The lowest BCUT2D eigenvalue weighted by Crippen LogP contribution is -2.46. The number of thiophene rings is 1. The van der Waals surface area contributed by atoms with E-state index in [9.17, 15) is 4.79 Å². The molecule has 1 atom stereocenters. The van der Waals surface area contributed by atoms with Crippen LogP contribution in [0.5, 0.6) is 0 Å². The number of pyridine rings is 1. The van der Waals surface area contributed by atoms with E-state index in [4.69, 9.17) is 0 Å². The Morgan fingerprint density at radius 2 is 2.12 bits per heavy atom. The molecule has 25 heavy (non-hydrogen) atoms. The number of nitrogens with zero attached hydrogens (tertiary/aromatic N) is 3. The molecule has 0 saturated carbocycles. The lowest BCUT2D eigenvalue weighted by atomic mass is 10.1. The number of hydrogen-bond donors (Lipinski definition) is 0. The van der Waals surface area contributed by atoms with Gasteiger partial charge in [0.25, 0.3) is 0 Å². The average molecular weight is 358 g/mol. The third kappa shape index (κ3) is 4.89. The van der Waals surface area contributed by atoms with Crippen LogP contribution in [-0.2, 0) is 17.9 Å². The summed E-state index contributed by atoms with van der Waals surface area (Å²) < 4.78 is 0. The van der Waals surface area contributed by atoms with Crippen LogP contribution in [0.2, 0.25) is 0 Å². The topological polar surface area (TPSA) is 36.4 Å². The number of likely N-dealkylation sites (tertiary alicyclic amines) is 1. The zero-order chi connectivity index (χ0) is 17.6. The number of aryl methyl sites for hydroxylation is 1. The van der Waals surface area contributed by atoms with Crippen LogP contribution in [0.4, 0.5) is 0 Å². The number of amides is 1. The summed E-state index contributed by atoms with van der Waals surface area (Å²) in [6.07, 6.45) is 6.29. The first-order valence-corrected chi connectivity index (χ1v) is 9.89. The minimum absolute atomic E-state index is 0.00716. The van der Waals surface area contributed by atoms with E-state index < -0.39 is 0 Å². The number of carbonyl (C=O) groups excluding carboxylic acids is 1. The van der Waals surface area contributed by atoms with Crippen molar-refractivity contribution in [1.29, 1.82) is 0 Å². The number of likely N-dealkylation sites (N-methyl/N-ethyl adjacent to an activating group) is 1. The number of hydrogen-bond acceptors (Lipinski definition) is 4. The third-order valence-corrected chi connectivity index (χ3v) is 5.82. The normalized spacial score (nSPS) is 18.7. The molecular formula is C20H27N3OS. The summed E-state index contributed by atoms with van der Waals surface area (Å²) in [6.45, 7) is 4.35. The van der Waals surface area contributed by atoms with E-state index in [1.54, 1.807) is 17.5 Å². The van der Waals surface area contributed by atoms with E-state index in [0.29, 0.717) is 13.1 Å². The first-order chi connectivity index (χ1) is 12.1. The molecule has 0 aliphatic carbocycles. The maximum absolute atomic E-state index is 13.3. The molecule has 0 spiro atoms. The Hall–Kier alpha value is -1.72. The molecule has 0 bridgehead atoms. The fraction of sp³-hybridized carbons (Fsp3) is 0.500. The number of carbonyl (C=O) groups is 1. The molecule has 0 unspecified atom stereocenters. The molecule has 0 N–H and O–H groups in total. The molecule has 3 rings (SSSR count). The van der Waals surface area contributed by atoms with Crippen LogP contribution in [0.25, 0.3) is 0 Å². The van der Waals surface area contributed by atoms with Crippen molar-refractivity contribution in [3.8, 4) is 0 Å². The van der Waals surface area contributed by atoms with Crippen molar-refractivity contribution in [2.75, 3.05) is 13.6 Å². The fourth-order valence-electron chi connectivity index (χ4n) is 3.43. The minimum atomic E-state index is -0.00716. The van der Waals surface area contributed by atoms with Crippen molar-refractivity contribution in [1.82, 2.24) is 14.8 Å². The van der Waals surface area contributed by atoms with Crippen molar-refractivity contribution in [3.63, 3.8) is 0 Å². The molecule has 4 nitrogen and oxygen atoms in total. The van der Waals surface area contributed by atoms with Gasteiger partial charge < -0.3 is 4.90 Å². The first kappa shape index (κ1) is 18.1.